The molecule has 1 amide bonds. The maximum atomic E-state index is 11.4. The molecule has 3 rings (SSSR count). The van der Waals surface area contributed by atoms with Gasteiger partial charge in [0.15, 0.2) is 0 Å². The van der Waals surface area contributed by atoms with Gasteiger partial charge in [0.1, 0.15) is 6.33 Å². The van der Waals surface area contributed by atoms with E-state index < -0.39 is 0 Å². The number of amides is 1. The number of imidazole rings is 1. The first-order valence-corrected chi connectivity index (χ1v) is 6.71. The summed E-state index contributed by atoms with van der Waals surface area (Å²) < 4.78 is 1.91. The Hall–Kier alpha value is -2.88. The average molecular weight is 277 g/mol. The quantitative estimate of drug-likeness (QED) is 0.796. The second kappa shape index (κ2) is 5.63. The molecule has 2 N–H and O–H groups in total. The number of benzene rings is 2. The van der Waals surface area contributed by atoms with Gasteiger partial charge in [-0.15, -0.1) is 0 Å². The molecule has 21 heavy (non-hydrogen) atoms. The molecule has 0 fully saturated rings. The van der Waals surface area contributed by atoms with Gasteiger partial charge in [0.05, 0.1) is 17.8 Å². The lowest BCUT2D eigenvalue weighted by molar-refractivity contribution is -0.117. The highest BCUT2D eigenvalue weighted by molar-refractivity contribution is 5.79. The molecule has 0 saturated heterocycles. The van der Waals surface area contributed by atoms with E-state index in [-0.39, 0.29) is 12.3 Å². The van der Waals surface area contributed by atoms with E-state index in [2.05, 4.69) is 4.98 Å². The molecule has 2 aromatic carbocycles. The van der Waals surface area contributed by atoms with Crippen molar-refractivity contribution >= 4 is 5.91 Å². The second-order valence-electron chi connectivity index (χ2n) is 4.75. The summed E-state index contributed by atoms with van der Waals surface area (Å²) in [5.41, 5.74) is 8.93. The highest BCUT2D eigenvalue weighted by Gasteiger charge is 2.15. The number of para-hydroxylation sites is 1. The lowest BCUT2D eigenvalue weighted by Crippen LogP contribution is -2.16. The van der Waals surface area contributed by atoms with Crippen LogP contribution in [0.4, 0.5) is 0 Å². The summed E-state index contributed by atoms with van der Waals surface area (Å²) in [6.07, 6.45) is 1.88. The summed E-state index contributed by atoms with van der Waals surface area (Å²) in [5.74, 6) is -0.370. The Labute approximate surface area is 122 Å². The minimum atomic E-state index is -0.370. The zero-order chi connectivity index (χ0) is 14.7. The van der Waals surface area contributed by atoms with E-state index in [1.54, 1.807) is 6.33 Å². The van der Waals surface area contributed by atoms with Crippen molar-refractivity contribution in [2.45, 2.75) is 6.42 Å². The SMILES string of the molecule is NC(=O)Cc1c(-c2ccccc2)ncn1-c1ccccc1. The van der Waals surface area contributed by atoms with Gasteiger partial charge in [0, 0.05) is 11.3 Å². The summed E-state index contributed by atoms with van der Waals surface area (Å²) in [6, 6.07) is 19.6. The van der Waals surface area contributed by atoms with Crippen LogP contribution in [0, 0.1) is 0 Å². The fourth-order valence-corrected chi connectivity index (χ4v) is 2.36. The molecule has 1 aromatic heterocycles. The smallest absolute Gasteiger partial charge is 0.223 e. The van der Waals surface area contributed by atoms with E-state index in [0.717, 1.165) is 22.6 Å². The van der Waals surface area contributed by atoms with Crippen LogP contribution in [0.25, 0.3) is 16.9 Å². The van der Waals surface area contributed by atoms with Gasteiger partial charge in [0.2, 0.25) is 5.91 Å². The van der Waals surface area contributed by atoms with Gasteiger partial charge in [-0.25, -0.2) is 4.98 Å². The third kappa shape index (κ3) is 2.69. The average Bonchev–Trinajstić information content (AvgIpc) is 2.92. The molecule has 0 aliphatic rings. The van der Waals surface area contributed by atoms with Crippen molar-refractivity contribution < 1.29 is 4.79 Å². The Morgan fingerprint density at radius 3 is 2.24 bits per heavy atom. The molecule has 0 saturated carbocycles. The Morgan fingerprint density at radius 1 is 1.00 bits per heavy atom. The van der Waals surface area contributed by atoms with E-state index in [1.807, 2.05) is 65.2 Å². The zero-order valence-corrected chi connectivity index (χ0v) is 11.4. The highest BCUT2D eigenvalue weighted by atomic mass is 16.1. The molecule has 3 aromatic rings. The maximum Gasteiger partial charge on any atom is 0.223 e. The standard InChI is InChI=1S/C17H15N3O/c18-16(21)11-15-17(13-7-3-1-4-8-13)19-12-20(15)14-9-5-2-6-10-14/h1-10,12H,11H2,(H2,18,21). The van der Waals surface area contributed by atoms with E-state index in [9.17, 15) is 4.79 Å². The van der Waals surface area contributed by atoms with Crippen LogP contribution in [0.15, 0.2) is 67.0 Å². The molecule has 1 heterocycles. The van der Waals surface area contributed by atoms with Crippen molar-refractivity contribution in [1.29, 1.82) is 0 Å². The van der Waals surface area contributed by atoms with Crippen LogP contribution in [0.3, 0.4) is 0 Å². The predicted molar refractivity (Wildman–Crippen MR) is 81.9 cm³/mol. The molecule has 0 atom stereocenters. The van der Waals surface area contributed by atoms with Crippen LogP contribution in [0.1, 0.15) is 5.69 Å². The van der Waals surface area contributed by atoms with Crippen molar-refractivity contribution in [3.05, 3.63) is 72.7 Å². The number of primary amides is 1. The molecule has 0 bridgehead atoms. The largest absolute Gasteiger partial charge is 0.369 e. The van der Waals surface area contributed by atoms with E-state index in [1.165, 1.54) is 0 Å². The van der Waals surface area contributed by atoms with Gasteiger partial charge in [-0.3, -0.25) is 4.79 Å². The lowest BCUT2D eigenvalue weighted by atomic mass is 10.1. The molecule has 0 unspecified atom stereocenters. The fourth-order valence-electron chi connectivity index (χ4n) is 2.36. The van der Waals surface area contributed by atoms with Crippen LogP contribution in [-0.2, 0) is 11.2 Å². The van der Waals surface area contributed by atoms with Crippen LogP contribution < -0.4 is 5.73 Å². The van der Waals surface area contributed by atoms with Crippen LogP contribution in [0.2, 0.25) is 0 Å². The summed E-state index contributed by atoms with van der Waals surface area (Å²) >= 11 is 0. The molecule has 0 radical (unpaired) electrons. The number of carbonyl (C=O) groups excluding carboxylic acids is 1. The number of rotatable bonds is 4. The maximum absolute atomic E-state index is 11.4. The van der Waals surface area contributed by atoms with Crippen molar-refractivity contribution in [3.63, 3.8) is 0 Å². The van der Waals surface area contributed by atoms with Gasteiger partial charge < -0.3 is 10.3 Å². The lowest BCUT2D eigenvalue weighted by Gasteiger charge is -2.08. The third-order valence-corrected chi connectivity index (χ3v) is 3.29. The molecular formula is C17H15N3O. The topological polar surface area (TPSA) is 60.9 Å². The highest BCUT2D eigenvalue weighted by Crippen LogP contribution is 2.24. The molecule has 0 aliphatic heterocycles. The van der Waals surface area contributed by atoms with E-state index >= 15 is 0 Å². The number of carbonyl (C=O) groups is 1. The summed E-state index contributed by atoms with van der Waals surface area (Å²) in [6.45, 7) is 0. The first-order chi connectivity index (χ1) is 10.3. The molecule has 4 nitrogen and oxygen atoms in total. The minimum Gasteiger partial charge on any atom is -0.369 e. The van der Waals surface area contributed by atoms with Gasteiger partial charge >= 0.3 is 0 Å². The number of hydrogen-bond donors (Lipinski definition) is 1. The first-order valence-electron chi connectivity index (χ1n) is 6.71. The number of nitrogens with two attached hydrogens (primary N) is 1. The molecule has 0 aliphatic carbocycles. The van der Waals surface area contributed by atoms with Crippen LogP contribution >= 0.6 is 0 Å². The van der Waals surface area contributed by atoms with Crippen molar-refractivity contribution in [2.75, 3.05) is 0 Å². The fraction of sp³-hybridized carbons (Fsp3) is 0.0588. The predicted octanol–water partition coefficient (Wildman–Crippen LogP) is 2.57. The van der Waals surface area contributed by atoms with Gasteiger partial charge in [-0.1, -0.05) is 48.5 Å². The number of hydrogen-bond acceptors (Lipinski definition) is 2. The Morgan fingerprint density at radius 2 is 1.62 bits per heavy atom. The molecular weight excluding hydrogens is 262 g/mol. The van der Waals surface area contributed by atoms with Crippen LogP contribution in [-0.4, -0.2) is 15.5 Å². The Bertz CT molecular complexity index is 691. The Kier molecular flexibility index (Phi) is 3.51. The monoisotopic (exact) mass is 277 g/mol. The van der Waals surface area contributed by atoms with Crippen LogP contribution in [0.5, 0.6) is 0 Å². The summed E-state index contributed by atoms with van der Waals surface area (Å²) in [5, 5.41) is 0. The second-order valence-corrected chi connectivity index (χ2v) is 4.75. The van der Waals surface area contributed by atoms with Crippen molar-refractivity contribution in [2.24, 2.45) is 5.73 Å². The molecule has 4 heteroatoms. The van der Waals surface area contributed by atoms with E-state index in [4.69, 9.17) is 5.73 Å². The summed E-state index contributed by atoms with van der Waals surface area (Å²) in [4.78, 5) is 15.9. The van der Waals surface area contributed by atoms with Crippen molar-refractivity contribution in [1.82, 2.24) is 9.55 Å². The molecule has 104 valence electrons. The van der Waals surface area contributed by atoms with Gasteiger partial charge in [-0.05, 0) is 12.1 Å². The Balaban J connectivity index is 2.14. The third-order valence-electron chi connectivity index (χ3n) is 3.29. The van der Waals surface area contributed by atoms with E-state index in [0.29, 0.717) is 0 Å². The molecule has 0 spiro atoms. The first kappa shape index (κ1) is 13.1. The number of nitrogens with zero attached hydrogens (tertiary/aromatic N) is 2. The number of aromatic nitrogens is 2. The summed E-state index contributed by atoms with van der Waals surface area (Å²) in [7, 11) is 0. The normalized spacial score (nSPS) is 10.5. The minimum absolute atomic E-state index is 0.152. The zero-order valence-electron chi connectivity index (χ0n) is 11.4. The van der Waals surface area contributed by atoms with Gasteiger partial charge in [-0.2, -0.15) is 0 Å². The van der Waals surface area contributed by atoms with Gasteiger partial charge in [0.25, 0.3) is 0 Å². The van der Waals surface area contributed by atoms with Crippen molar-refractivity contribution in [3.8, 4) is 16.9 Å².